The molecule has 7 nitrogen and oxygen atoms in total. The first-order valence-electron chi connectivity index (χ1n) is 12.1. The predicted octanol–water partition coefficient (Wildman–Crippen LogP) is 4.91. The quantitative estimate of drug-likeness (QED) is 0.568. The van der Waals surface area contributed by atoms with Gasteiger partial charge in [-0.05, 0) is 55.5 Å². The zero-order chi connectivity index (χ0) is 25.0. The number of thioether (sulfide) groups is 1. The van der Waals surface area contributed by atoms with E-state index in [-0.39, 0.29) is 34.3 Å². The van der Waals surface area contributed by atoms with Crippen molar-refractivity contribution in [3.8, 4) is 0 Å². The van der Waals surface area contributed by atoms with Crippen molar-refractivity contribution in [2.45, 2.75) is 75.0 Å². The molecule has 2 amide bonds. The first-order chi connectivity index (χ1) is 16.8. The molecule has 2 aromatic carbocycles. The number of nitrogens with one attached hydrogen (secondary N) is 1. The van der Waals surface area contributed by atoms with E-state index in [0.29, 0.717) is 5.69 Å². The Morgan fingerprint density at radius 3 is 2.43 bits per heavy atom. The number of anilines is 1. The Kier molecular flexibility index (Phi) is 7.96. The molecule has 1 heterocycles. The number of rotatable bonds is 7. The standard InChI is InChI=1S/C26H31N3O4S2/c1-3-19-13-15-21(16-14-19)35(32,33)28-26-29(20-10-5-4-6-11-20)25(31)23(34-26)17-24(30)27-22-12-8-7-9-18(22)2/h7-9,12-16,20,23H,3-6,10-11,17H2,1-2H3,(H,27,30)/t23-/m1/s1. The van der Waals surface area contributed by atoms with Crippen molar-refractivity contribution in [1.29, 1.82) is 0 Å². The van der Waals surface area contributed by atoms with Gasteiger partial charge in [-0.1, -0.05) is 68.3 Å². The Morgan fingerprint density at radius 2 is 1.77 bits per heavy atom. The summed E-state index contributed by atoms with van der Waals surface area (Å²) in [5, 5.41) is 2.34. The zero-order valence-electron chi connectivity index (χ0n) is 20.1. The molecule has 2 aliphatic rings. The summed E-state index contributed by atoms with van der Waals surface area (Å²) in [5.41, 5.74) is 2.66. The lowest BCUT2D eigenvalue weighted by Crippen LogP contribution is -2.42. The third-order valence-corrected chi connectivity index (χ3v) is 9.07. The molecule has 4 rings (SSSR count). The number of para-hydroxylation sites is 1. The maximum atomic E-state index is 13.4. The number of carbonyl (C=O) groups is 2. The Balaban J connectivity index is 1.58. The first-order valence-corrected chi connectivity index (χ1v) is 14.4. The number of amides is 2. The van der Waals surface area contributed by atoms with E-state index in [1.54, 1.807) is 29.2 Å². The number of carbonyl (C=O) groups excluding carboxylic acids is 2. The second kappa shape index (κ2) is 11.0. The van der Waals surface area contributed by atoms with Crippen LogP contribution in [-0.2, 0) is 26.0 Å². The topological polar surface area (TPSA) is 95.9 Å². The molecule has 0 unspecified atom stereocenters. The summed E-state index contributed by atoms with van der Waals surface area (Å²) in [6, 6.07) is 14.0. The monoisotopic (exact) mass is 513 g/mol. The summed E-state index contributed by atoms with van der Waals surface area (Å²) < 4.78 is 30.3. The van der Waals surface area contributed by atoms with E-state index in [0.717, 1.165) is 61.4 Å². The minimum Gasteiger partial charge on any atom is -0.326 e. The number of hydrogen-bond acceptors (Lipinski definition) is 5. The summed E-state index contributed by atoms with van der Waals surface area (Å²) in [6.07, 6.45) is 5.43. The number of hydrogen-bond donors (Lipinski definition) is 1. The van der Waals surface area contributed by atoms with E-state index in [1.807, 2.05) is 38.1 Å². The smallest absolute Gasteiger partial charge is 0.284 e. The van der Waals surface area contributed by atoms with Crippen LogP contribution in [0.5, 0.6) is 0 Å². The van der Waals surface area contributed by atoms with Gasteiger partial charge in [0, 0.05) is 18.2 Å². The van der Waals surface area contributed by atoms with E-state index < -0.39 is 15.3 Å². The highest BCUT2D eigenvalue weighted by Gasteiger charge is 2.43. The van der Waals surface area contributed by atoms with Crippen molar-refractivity contribution in [2.24, 2.45) is 4.40 Å². The highest BCUT2D eigenvalue weighted by atomic mass is 32.2. The van der Waals surface area contributed by atoms with Gasteiger partial charge in [0.15, 0.2) is 5.17 Å². The molecule has 1 N–H and O–H groups in total. The van der Waals surface area contributed by atoms with E-state index in [1.165, 1.54) is 0 Å². The Labute approximate surface area is 211 Å². The number of benzene rings is 2. The summed E-state index contributed by atoms with van der Waals surface area (Å²) in [6.45, 7) is 3.90. The first kappa shape index (κ1) is 25.4. The van der Waals surface area contributed by atoms with Crippen LogP contribution in [0.3, 0.4) is 0 Å². The second-order valence-corrected chi connectivity index (χ2v) is 11.8. The molecular formula is C26H31N3O4S2. The van der Waals surface area contributed by atoms with Crippen LogP contribution in [0.1, 0.15) is 56.6 Å². The Morgan fingerprint density at radius 1 is 1.09 bits per heavy atom. The van der Waals surface area contributed by atoms with Gasteiger partial charge in [-0.25, -0.2) is 0 Å². The fraction of sp³-hybridized carbons (Fsp3) is 0.423. The normalized spacial score (nSPS) is 20.4. The molecule has 0 aromatic heterocycles. The molecule has 0 spiro atoms. The Bertz CT molecular complexity index is 1220. The van der Waals surface area contributed by atoms with Crippen molar-refractivity contribution in [3.05, 3.63) is 59.7 Å². The molecule has 1 saturated carbocycles. The molecule has 1 saturated heterocycles. The van der Waals surface area contributed by atoms with Crippen LogP contribution >= 0.6 is 11.8 Å². The Hall–Kier alpha value is -2.65. The summed E-state index contributed by atoms with van der Waals surface area (Å²) in [5.74, 6) is -0.523. The molecule has 2 aromatic rings. The average Bonchev–Trinajstić information content (AvgIpc) is 3.14. The minimum absolute atomic E-state index is 0.0503. The molecule has 0 radical (unpaired) electrons. The predicted molar refractivity (Wildman–Crippen MR) is 140 cm³/mol. The van der Waals surface area contributed by atoms with Crippen molar-refractivity contribution >= 4 is 44.5 Å². The fourth-order valence-electron chi connectivity index (χ4n) is 4.49. The lowest BCUT2D eigenvalue weighted by Gasteiger charge is -2.30. The summed E-state index contributed by atoms with van der Waals surface area (Å²) in [4.78, 5) is 27.8. The van der Waals surface area contributed by atoms with Gasteiger partial charge in [0.1, 0.15) is 5.25 Å². The van der Waals surface area contributed by atoms with E-state index >= 15 is 0 Å². The van der Waals surface area contributed by atoms with Gasteiger partial charge in [-0.2, -0.15) is 8.42 Å². The summed E-state index contributed by atoms with van der Waals surface area (Å²) in [7, 11) is -4.00. The lowest BCUT2D eigenvalue weighted by molar-refractivity contribution is -0.130. The number of amidine groups is 1. The van der Waals surface area contributed by atoms with Crippen LogP contribution in [0, 0.1) is 6.92 Å². The van der Waals surface area contributed by atoms with Crippen LogP contribution in [0.15, 0.2) is 57.8 Å². The minimum atomic E-state index is -4.00. The van der Waals surface area contributed by atoms with Crippen LogP contribution in [0.2, 0.25) is 0 Å². The van der Waals surface area contributed by atoms with Crippen molar-refractivity contribution in [2.75, 3.05) is 5.32 Å². The van der Waals surface area contributed by atoms with Crippen LogP contribution in [-0.4, -0.2) is 41.6 Å². The molecule has 1 aliphatic carbocycles. The van der Waals surface area contributed by atoms with Gasteiger partial charge in [0.25, 0.3) is 10.0 Å². The van der Waals surface area contributed by atoms with Crippen LogP contribution in [0.4, 0.5) is 5.69 Å². The number of nitrogens with zero attached hydrogens (tertiary/aromatic N) is 2. The van der Waals surface area contributed by atoms with Crippen LogP contribution < -0.4 is 5.32 Å². The third-order valence-electron chi connectivity index (χ3n) is 6.52. The van der Waals surface area contributed by atoms with Gasteiger partial charge in [0.2, 0.25) is 11.8 Å². The van der Waals surface area contributed by atoms with Crippen molar-refractivity contribution < 1.29 is 18.0 Å². The van der Waals surface area contributed by atoms with Crippen LogP contribution in [0.25, 0.3) is 0 Å². The maximum absolute atomic E-state index is 13.4. The van der Waals surface area contributed by atoms with E-state index in [4.69, 9.17) is 0 Å². The van der Waals surface area contributed by atoms with Gasteiger partial charge in [-0.15, -0.1) is 4.40 Å². The SMILES string of the molecule is CCc1ccc(S(=O)(=O)N=C2S[C@H](CC(=O)Nc3ccccc3C)C(=O)N2C2CCCCC2)cc1. The zero-order valence-corrected chi connectivity index (χ0v) is 21.7. The average molecular weight is 514 g/mol. The largest absolute Gasteiger partial charge is 0.326 e. The fourth-order valence-corrected chi connectivity index (χ4v) is 6.89. The number of sulfonamides is 1. The van der Waals surface area contributed by atoms with Gasteiger partial charge >= 0.3 is 0 Å². The van der Waals surface area contributed by atoms with Gasteiger partial charge in [0.05, 0.1) is 4.90 Å². The maximum Gasteiger partial charge on any atom is 0.284 e. The molecule has 1 atom stereocenters. The third kappa shape index (κ3) is 5.95. The molecule has 0 bridgehead atoms. The lowest BCUT2D eigenvalue weighted by atomic mass is 9.94. The summed E-state index contributed by atoms with van der Waals surface area (Å²) >= 11 is 1.08. The van der Waals surface area contributed by atoms with Gasteiger partial charge in [-0.3, -0.25) is 14.5 Å². The molecule has 2 fully saturated rings. The van der Waals surface area contributed by atoms with E-state index in [2.05, 4.69) is 9.71 Å². The number of aryl methyl sites for hydroxylation is 2. The van der Waals surface area contributed by atoms with Gasteiger partial charge < -0.3 is 5.32 Å². The molecule has 1 aliphatic heterocycles. The second-order valence-electron chi connectivity index (χ2n) is 9.02. The molecule has 9 heteroatoms. The van der Waals surface area contributed by atoms with Crippen molar-refractivity contribution in [3.63, 3.8) is 0 Å². The van der Waals surface area contributed by atoms with E-state index in [9.17, 15) is 18.0 Å². The molecule has 35 heavy (non-hydrogen) atoms. The molecular weight excluding hydrogens is 482 g/mol. The van der Waals surface area contributed by atoms with Crippen molar-refractivity contribution in [1.82, 2.24) is 4.90 Å². The highest BCUT2D eigenvalue weighted by Crippen LogP contribution is 2.36. The highest BCUT2D eigenvalue weighted by molar-refractivity contribution is 8.16. The molecule has 186 valence electrons.